The quantitative estimate of drug-likeness (QED) is 0.619. The van der Waals surface area contributed by atoms with Crippen LogP contribution in [-0.2, 0) is 21.4 Å². The Labute approximate surface area is 185 Å². The molecule has 3 rings (SSSR count). The van der Waals surface area contributed by atoms with Crippen LogP contribution in [0.2, 0.25) is 0 Å². The highest BCUT2D eigenvalue weighted by atomic mass is 16.3. The molecule has 1 aliphatic heterocycles. The number of benzene rings is 2. The molecule has 164 valence electrons. The molecule has 0 saturated heterocycles. The number of carbonyl (C=O) groups is 2. The molecule has 4 heteroatoms. The van der Waals surface area contributed by atoms with Gasteiger partial charge in [0, 0.05) is 12.1 Å². The molecular weight excluding hydrogens is 386 g/mol. The van der Waals surface area contributed by atoms with Crippen LogP contribution in [0.15, 0.2) is 59.9 Å². The van der Waals surface area contributed by atoms with Gasteiger partial charge in [0.2, 0.25) is 0 Å². The van der Waals surface area contributed by atoms with Crippen molar-refractivity contribution in [3.8, 4) is 0 Å². The number of Topliss-reactive ketones (excluding diaryl/α,β-unsaturated/α-hetero) is 1. The summed E-state index contributed by atoms with van der Waals surface area (Å²) in [4.78, 5) is 27.8. The molecule has 0 spiro atoms. The lowest BCUT2D eigenvalue weighted by molar-refractivity contribution is -0.118. The van der Waals surface area contributed by atoms with E-state index in [-0.39, 0.29) is 29.1 Å². The first-order valence-corrected chi connectivity index (χ1v) is 11.0. The van der Waals surface area contributed by atoms with Crippen LogP contribution in [-0.4, -0.2) is 16.8 Å². The minimum atomic E-state index is -0.634. The van der Waals surface area contributed by atoms with Gasteiger partial charge in [0.05, 0.1) is 11.6 Å². The second kappa shape index (κ2) is 8.70. The highest BCUT2D eigenvalue weighted by molar-refractivity contribution is 6.16. The highest BCUT2D eigenvalue weighted by Gasteiger charge is 2.44. The van der Waals surface area contributed by atoms with Gasteiger partial charge in [-0.3, -0.25) is 14.5 Å². The Morgan fingerprint density at radius 3 is 2.10 bits per heavy atom. The van der Waals surface area contributed by atoms with E-state index in [9.17, 15) is 14.7 Å². The van der Waals surface area contributed by atoms with E-state index in [0.717, 1.165) is 17.5 Å². The molecule has 0 aromatic heterocycles. The number of aliphatic hydroxyl groups is 1. The van der Waals surface area contributed by atoms with Gasteiger partial charge in [0.15, 0.2) is 11.5 Å². The second-order valence-corrected chi connectivity index (χ2v) is 9.75. The zero-order chi connectivity index (χ0) is 22.9. The fourth-order valence-corrected chi connectivity index (χ4v) is 4.01. The lowest BCUT2D eigenvalue weighted by atomic mass is 9.87. The van der Waals surface area contributed by atoms with E-state index in [2.05, 4.69) is 27.7 Å². The molecular formula is C27H33NO3. The van der Waals surface area contributed by atoms with Crippen molar-refractivity contribution in [2.24, 2.45) is 5.92 Å². The number of anilines is 1. The normalized spacial score (nSPS) is 17.1. The van der Waals surface area contributed by atoms with Crippen molar-refractivity contribution in [2.75, 3.05) is 4.90 Å². The zero-order valence-electron chi connectivity index (χ0n) is 19.4. The van der Waals surface area contributed by atoms with Crippen LogP contribution in [0.1, 0.15) is 70.7 Å². The molecule has 31 heavy (non-hydrogen) atoms. The SMILES string of the molecule is CCc1ccc(C2C(C(=O)CC(C)C)=C(O)C(=O)N2c2ccc(C(C)(C)C)cc2)cc1. The van der Waals surface area contributed by atoms with E-state index in [4.69, 9.17) is 0 Å². The summed E-state index contributed by atoms with van der Waals surface area (Å²) < 4.78 is 0. The number of amides is 1. The summed E-state index contributed by atoms with van der Waals surface area (Å²) in [5.74, 6) is -1.01. The number of rotatable bonds is 6. The minimum absolute atomic E-state index is 0.0122. The topological polar surface area (TPSA) is 57.6 Å². The standard InChI is InChI=1S/C27H33NO3/c1-7-18-8-10-19(11-9-18)24-23(22(29)16-17(2)3)25(30)26(31)28(24)21-14-12-20(13-15-21)27(4,5)6/h8-15,17,24,30H,7,16H2,1-6H3. The van der Waals surface area contributed by atoms with Gasteiger partial charge in [0.1, 0.15) is 0 Å². The fourth-order valence-electron chi connectivity index (χ4n) is 4.01. The van der Waals surface area contributed by atoms with E-state index in [1.807, 2.05) is 62.4 Å². The Kier molecular flexibility index (Phi) is 6.40. The molecule has 1 aliphatic rings. The Hall–Kier alpha value is -2.88. The number of hydrogen-bond donors (Lipinski definition) is 1. The van der Waals surface area contributed by atoms with Crippen molar-refractivity contribution in [1.82, 2.24) is 0 Å². The maximum absolute atomic E-state index is 13.2. The Morgan fingerprint density at radius 1 is 1.03 bits per heavy atom. The molecule has 1 heterocycles. The summed E-state index contributed by atoms with van der Waals surface area (Å²) in [6, 6.07) is 15.1. The molecule has 0 aliphatic carbocycles. The van der Waals surface area contributed by atoms with Crippen molar-refractivity contribution in [1.29, 1.82) is 0 Å². The highest BCUT2D eigenvalue weighted by Crippen LogP contribution is 2.42. The van der Waals surface area contributed by atoms with E-state index >= 15 is 0 Å². The van der Waals surface area contributed by atoms with Crippen molar-refractivity contribution in [2.45, 2.75) is 65.8 Å². The fraction of sp³-hybridized carbons (Fsp3) is 0.407. The molecule has 4 nitrogen and oxygen atoms in total. The number of hydrogen-bond acceptors (Lipinski definition) is 3. The molecule has 2 aromatic rings. The Balaban J connectivity index is 2.10. The number of carbonyl (C=O) groups excluding carboxylic acids is 2. The van der Waals surface area contributed by atoms with Gasteiger partial charge >= 0.3 is 0 Å². The van der Waals surface area contributed by atoms with Crippen molar-refractivity contribution >= 4 is 17.4 Å². The molecule has 1 unspecified atom stereocenters. The maximum atomic E-state index is 13.2. The first kappa shape index (κ1) is 22.8. The summed E-state index contributed by atoms with van der Waals surface area (Å²) in [5, 5.41) is 10.8. The monoisotopic (exact) mass is 419 g/mol. The van der Waals surface area contributed by atoms with Gasteiger partial charge in [-0.1, -0.05) is 77.9 Å². The summed E-state index contributed by atoms with van der Waals surface area (Å²) in [6.07, 6.45) is 1.19. The lowest BCUT2D eigenvalue weighted by Crippen LogP contribution is -2.31. The molecule has 0 radical (unpaired) electrons. The molecule has 1 N–H and O–H groups in total. The van der Waals surface area contributed by atoms with Gasteiger partial charge in [-0.2, -0.15) is 0 Å². The van der Waals surface area contributed by atoms with Gasteiger partial charge in [0.25, 0.3) is 5.91 Å². The second-order valence-electron chi connectivity index (χ2n) is 9.75. The Bertz CT molecular complexity index is 992. The van der Waals surface area contributed by atoms with Crippen molar-refractivity contribution in [3.05, 3.63) is 76.6 Å². The third-order valence-electron chi connectivity index (χ3n) is 5.82. The zero-order valence-corrected chi connectivity index (χ0v) is 19.4. The van der Waals surface area contributed by atoms with Gasteiger partial charge in [-0.15, -0.1) is 0 Å². The van der Waals surface area contributed by atoms with E-state index in [1.54, 1.807) is 4.90 Å². The lowest BCUT2D eigenvalue weighted by Gasteiger charge is -2.28. The molecule has 2 aromatic carbocycles. The minimum Gasteiger partial charge on any atom is -0.503 e. The van der Waals surface area contributed by atoms with E-state index in [0.29, 0.717) is 5.69 Å². The summed E-state index contributed by atoms with van der Waals surface area (Å²) in [5.41, 5.74) is 4.00. The summed E-state index contributed by atoms with van der Waals surface area (Å²) in [6.45, 7) is 12.4. The van der Waals surface area contributed by atoms with Crippen molar-refractivity contribution < 1.29 is 14.7 Å². The average Bonchev–Trinajstić information content (AvgIpc) is 2.98. The third-order valence-corrected chi connectivity index (χ3v) is 5.82. The number of nitrogens with zero attached hydrogens (tertiary/aromatic N) is 1. The van der Waals surface area contributed by atoms with E-state index in [1.165, 1.54) is 5.56 Å². The van der Waals surface area contributed by atoms with Crippen LogP contribution >= 0.6 is 0 Å². The predicted molar refractivity (Wildman–Crippen MR) is 125 cm³/mol. The predicted octanol–water partition coefficient (Wildman–Crippen LogP) is 6.06. The van der Waals surface area contributed by atoms with Crippen molar-refractivity contribution in [3.63, 3.8) is 0 Å². The first-order valence-electron chi connectivity index (χ1n) is 11.0. The molecule has 0 fully saturated rings. The van der Waals surface area contributed by atoms with Gasteiger partial charge < -0.3 is 5.11 Å². The summed E-state index contributed by atoms with van der Waals surface area (Å²) >= 11 is 0. The van der Waals surface area contributed by atoms with Crippen LogP contribution in [0.5, 0.6) is 0 Å². The van der Waals surface area contributed by atoms with Crippen LogP contribution in [0.25, 0.3) is 0 Å². The van der Waals surface area contributed by atoms with Gasteiger partial charge in [-0.25, -0.2) is 0 Å². The molecule has 1 atom stereocenters. The van der Waals surface area contributed by atoms with Crippen LogP contribution in [0.4, 0.5) is 5.69 Å². The number of ketones is 1. The largest absolute Gasteiger partial charge is 0.503 e. The maximum Gasteiger partial charge on any atom is 0.294 e. The van der Waals surface area contributed by atoms with Crippen LogP contribution in [0, 0.1) is 5.92 Å². The smallest absolute Gasteiger partial charge is 0.294 e. The van der Waals surface area contributed by atoms with Gasteiger partial charge in [-0.05, 0) is 46.6 Å². The third kappa shape index (κ3) is 4.58. The molecule has 1 amide bonds. The van der Waals surface area contributed by atoms with Crippen LogP contribution in [0.3, 0.4) is 0 Å². The number of aryl methyl sites for hydroxylation is 1. The number of aliphatic hydroxyl groups excluding tert-OH is 1. The summed E-state index contributed by atoms with van der Waals surface area (Å²) in [7, 11) is 0. The molecule has 0 bridgehead atoms. The molecule has 0 saturated carbocycles. The Morgan fingerprint density at radius 2 is 1.61 bits per heavy atom. The average molecular weight is 420 g/mol. The van der Waals surface area contributed by atoms with Crippen LogP contribution < -0.4 is 4.90 Å². The first-order chi connectivity index (χ1) is 14.5. The van der Waals surface area contributed by atoms with E-state index < -0.39 is 17.7 Å².